The fourth-order valence-electron chi connectivity index (χ4n) is 2.46. The number of benzene rings is 1. The van der Waals surface area contributed by atoms with Gasteiger partial charge in [-0.15, -0.1) is 0 Å². The van der Waals surface area contributed by atoms with E-state index in [1.165, 1.54) is 6.42 Å². The molecule has 0 saturated heterocycles. The summed E-state index contributed by atoms with van der Waals surface area (Å²) >= 11 is 2.21. The Hall–Kier alpha value is -0.580. The van der Waals surface area contributed by atoms with E-state index in [1.54, 1.807) is 0 Å². The van der Waals surface area contributed by atoms with Gasteiger partial charge in [0.25, 0.3) is 5.91 Å². The smallest absolute Gasteiger partial charge is 0.252 e. The highest BCUT2D eigenvalue weighted by Gasteiger charge is 2.31. The van der Waals surface area contributed by atoms with E-state index in [-0.39, 0.29) is 5.91 Å². The molecule has 1 aliphatic rings. The van der Waals surface area contributed by atoms with E-state index in [0.717, 1.165) is 21.5 Å². The van der Waals surface area contributed by atoms with Crippen LogP contribution in [0.1, 0.15) is 37.0 Å². The normalized spacial score (nSPS) is 28.1. The van der Waals surface area contributed by atoms with Gasteiger partial charge in [0.15, 0.2) is 0 Å². The lowest BCUT2D eigenvalue weighted by Gasteiger charge is -2.20. The summed E-state index contributed by atoms with van der Waals surface area (Å²) in [6, 6.07) is 8.07. The van der Waals surface area contributed by atoms with Gasteiger partial charge < -0.3 is 5.32 Å². The maximum atomic E-state index is 12.2. The molecule has 3 heteroatoms. The highest BCUT2D eigenvalue weighted by Crippen LogP contribution is 2.31. The highest BCUT2D eigenvalue weighted by atomic mass is 127. The molecular formula is C14H18INO. The Morgan fingerprint density at radius 2 is 2.00 bits per heavy atom. The number of nitrogens with one attached hydrogen (secondary N) is 1. The lowest BCUT2D eigenvalue weighted by atomic mass is 9.97. The average Bonchev–Trinajstić information content (AvgIpc) is 2.61. The molecule has 2 rings (SSSR count). The molecule has 0 bridgehead atoms. The van der Waals surface area contributed by atoms with Crippen molar-refractivity contribution in [3.8, 4) is 0 Å². The fourth-order valence-corrected chi connectivity index (χ4v) is 3.09. The molecule has 0 heterocycles. The molecule has 0 aliphatic heterocycles. The minimum absolute atomic E-state index is 0.0703. The molecule has 2 nitrogen and oxygen atoms in total. The summed E-state index contributed by atoms with van der Waals surface area (Å²) in [5.41, 5.74) is 0.792. The van der Waals surface area contributed by atoms with Gasteiger partial charge in [-0.2, -0.15) is 0 Å². The van der Waals surface area contributed by atoms with Crippen LogP contribution in [0.4, 0.5) is 0 Å². The number of halogens is 1. The molecule has 92 valence electrons. The van der Waals surface area contributed by atoms with Crippen LogP contribution in [0.15, 0.2) is 24.3 Å². The third-order valence-electron chi connectivity index (χ3n) is 3.90. The van der Waals surface area contributed by atoms with Gasteiger partial charge in [-0.05, 0) is 59.4 Å². The van der Waals surface area contributed by atoms with Crippen molar-refractivity contribution in [1.82, 2.24) is 5.32 Å². The van der Waals surface area contributed by atoms with Crippen LogP contribution in [0, 0.1) is 15.4 Å². The van der Waals surface area contributed by atoms with E-state index >= 15 is 0 Å². The summed E-state index contributed by atoms with van der Waals surface area (Å²) in [5.74, 6) is 1.37. The molecule has 1 amide bonds. The van der Waals surface area contributed by atoms with Crippen LogP contribution in [-0.2, 0) is 0 Å². The first-order valence-corrected chi connectivity index (χ1v) is 7.23. The van der Waals surface area contributed by atoms with Gasteiger partial charge in [-0.3, -0.25) is 4.79 Å². The highest BCUT2D eigenvalue weighted by molar-refractivity contribution is 14.1. The summed E-state index contributed by atoms with van der Waals surface area (Å²) in [4.78, 5) is 12.2. The molecule has 1 aromatic rings. The maximum absolute atomic E-state index is 12.2. The maximum Gasteiger partial charge on any atom is 0.252 e. The average molecular weight is 343 g/mol. The van der Waals surface area contributed by atoms with Crippen molar-refractivity contribution in [2.45, 2.75) is 32.7 Å². The number of carbonyl (C=O) groups is 1. The lowest BCUT2D eigenvalue weighted by molar-refractivity contribution is 0.0926. The Morgan fingerprint density at radius 3 is 2.59 bits per heavy atom. The Morgan fingerprint density at radius 1 is 1.29 bits per heavy atom. The van der Waals surface area contributed by atoms with E-state index in [1.807, 2.05) is 24.3 Å². The lowest BCUT2D eigenvalue weighted by Crippen LogP contribution is -2.37. The second-order valence-corrected chi connectivity index (χ2v) is 6.14. The van der Waals surface area contributed by atoms with Gasteiger partial charge in [0, 0.05) is 9.61 Å². The quantitative estimate of drug-likeness (QED) is 0.819. The predicted octanol–water partition coefficient (Wildman–Crippen LogP) is 3.46. The third kappa shape index (κ3) is 2.81. The van der Waals surface area contributed by atoms with E-state index < -0.39 is 0 Å². The molecule has 1 aromatic carbocycles. The van der Waals surface area contributed by atoms with E-state index in [9.17, 15) is 4.79 Å². The van der Waals surface area contributed by atoms with Crippen molar-refractivity contribution >= 4 is 28.5 Å². The van der Waals surface area contributed by atoms with E-state index in [2.05, 4.69) is 41.8 Å². The SMILES string of the molecule is CC1CCC(NC(=O)c2ccccc2I)C1C. The fraction of sp³-hybridized carbons (Fsp3) is 0.500. The second-order valence-electron chi connectivity index (χ2n) is 4.97. The van der Waals surface area contributed by atoms with Crippen molar-refractivity contribution in [1.29, 1.82) is 0 Å². The largest absolute Gasteiger partial charge is 0.349 e. The van der Waals surface area contributed by atoms with Crippen LogP contribution >= 0.6 is 22.6 Å². The Labute approximate surface area is 116 Å². The van der Waals surface area contributed by atoms with Crippen molar-refractivity contribution in [2.75, 3.05) is 0 Å². The zero-order chi connectivity index (χ0) is 12.4. The Kier molecular flexibility index (Phi) is 4.07. The van der Waals surface area contributed by atoms with Crippen molar-refractivity contribution in [3.05, 3.63) is 33.4 Å². The van der Waals surface area contributed by atoms with Gasteiger partial charge in [-0.25, -0.2) is 0 Å². The molecule has 0 aromatic heterocycles. The summed E-state index contributed by atoms with van der Waals surface area (Å²) in [6.45, 7) is 4.50. The molecule has 1 N–H and O–H groups in total. The minimum atomic E-state index is 0.0703. The molecule has 17 heavy (non-hydrogen) atoms. The molecule has 0 spiro atoms. The summed E-state index contributed by atoms with van der Waals surface area (Å²) < 4.78 is 1.02. The van der Waals surface area contributed by atoms with Gasteiger partial charge in [-0.1, -0.05) is 26.0 Å². The first kappa shape index (κ1) is 12.9. The summed E-state index contributed by atoms with van der Waals surface area (Å²) in [5, 5.41) is 3.17. The number of hydrogen-bond acceptors (Lipinski definition) is 1. The van der Waals surface area contributed by atoms with Crippen LogP contribution in [-0.4, -0.2) is 11.9 Å². The van der Waals surface area contributed by atoms with Crippen LogP contribution < -0.4 is 5.32 Å². The standard InChI is InChI=1S/C14H18INO/c1-9-7-8-13(10(9)2)16-14(17)11-5-3-4-6-12(11)15/h3-6,9-10,13H,7-8H2,1-2H3,(H,16,17). The van der Waals surface area contributed by atoms with Gasteiger partial charge in [0.05, 0.1) is 5.56 Å². The number of carbonyl (C=O) groups excluding carboxylic acids is 1. The number of rotatable bonds is 2. The van der Waals surface area contributed by atoms with Crippen LogP contribution in [0.25, 0.3) is 0 Å². The van der Waals surface area contributed by atoms with Crippen molar-refractivity contribution in [3.63, 3.8) is 0 Å². The molecule has 3 unspecified atom stereocenters. The first-order chi connectivity index (χ1) is 8.09. The van der Waals surface area contributed by atoms with Gasteiger partial charge in [0.2, 0.25) is 0 Å². The molecule has 0 radical (unpaired) electrons. The third-order valence-corrected chi connectivity index (χ3v) is 4.84. The zero-order valence-corrected chi connectivity index (χ0v) is 12.4. The van der Waals surface area contributed by atoms with Crippen LogP contribution in [0.2, 0.25) is 0 Å². The molecule has 1 fully saturated rings. The van der Waals surface area contributed by atoms with E-state index in [0.29, 0.717) is 12.0 Å². The topological polar surface area (TPSA) is 29.1 Å². The number of amides is 1. The van der Waals surface area contributed by atoms with Crippen LogP contribution in [0.5, 0.6) is 0 Å². The molecule has 3 atom stereocenters. The summed E-state index contributed by atoms with van der Waals surface area (Å²) in [7, 11) is 0. The first-order valence-electron chi connectivity index (χ1n) is 6.15. The zero-order valence-electron chi connectivity index (χ0n) is 10.2. The molecule has 1 saturated carbocycles. The van der Waals surface area contributed by atoms with Crippen molar-refractivity contribution in [2.24, 2.45) is 11.8 Å². The minimum Gasteiger partial charge on any atom is -0.349 e. The Balaban J connectivity index is 2.05. The molecular weight excluding hydrogens is 325 g/mol. The second kappa shape index (κ2) is 5.38. The van der Waals surface area contributed by atoms with E-state index in [4.69, 9.17) is 0 Å². The van der Waals surface area contributed by atoms with Crippen LogP contribution in [0.3, 0.4) is 0 Å². The monoisotopic (exact) mass is 343 g/mol. The van der Waals surface area contributed by atoms with Crippen molar-refractivity contribution < 1.29 is 4.79 Å². The molecule has 1 aliphatic carbocycles. The number of hydrogen-bond donors (Lipinski definition) is 1. The Bertz CT molecular complexity index is 418. The van der Waals surface area contributed by atoms with Gasteiger partial charge in [0.1, 0.15) is 0 Å². The van der Waals surface area contributed by atoms with Gasteiger partial charge >= 0.3 is 0 Å². The predicted molar refractivity (Wildman–Crippen MR) is 78.0 cm³/mol. The summed E-state index contributed by atoms with van der Waals surface area (Å²) in [6.07, 6.45) is 2.33.